The summed E-state index contributed by atoms with van der Waals surface area (Å²) in [7, 11) is 0. The van der Waals surface area contributed by atoms with E-state index >= 15 is 0 Å². The third-order valence-electron chi connectivity index (χ3n) is 5.23. The monoisotopic (exact) mass is 349 g/mol. The van der Waals surface area contributed by atoms with Crippen molar-refractivity contribution in [3.05, 3.63) is 24.0 Å². The maximum absolute atomic E-state index is 14.2. The summed E-state index contributed by atoms with van der Waals surface area (Å²) in [6.07, 6.45) is 2.65. The SMILES string of the molecule is CC(C)(C)OC(=O)N1CCC2(CC1)CCN(c1ccc(N)cc1F)C2. The van der Waals surface area contributed by atoms with Crippen molar-refractivity contribution in [3.8, 4) is 0 Å². The first kappa shape index (κ1) is 17.8. The van der Waals surface area contributed by atoms with Crippen molar-refractivity contribution in [1.29, 1.82) is 0 Å². The molecule has 0 radical (unpaired) electrons. The van der Waals surface area contributed by atoms with Crippen molar-refractivity contribution in [1.82, 2.24) is 4.90 Å². The van der Waals surface area contributed by atoms with E-state index in [1.807, 2.05) is 20.8 Å². The smallest absolute Gasteiger partial charge is 0.410 e. The van der Waals surface area contributed by atoms with Crippen LogP contribution >= 0.6 is 0 Å². The van der Waals surface area contributed by atoms with E-state index in [2.05, 4.69) is 4.90 Å². The van der Waals surface area contributed by atoms with Gasteiger partial charge in [0.2, 0.25) is 0 Å². The fourth-order valence-electron chi connectivity index (χ4n) is 3.82. The quantitative estimate of drug-likeness (QED) is 0.787. The highest BCUT2D eigenvalue weighted by atomic mass is 19.1. The number of halogens is 1. The van der Waals surface area contributed by atoms with E-state index in [1.54, 1.807) is 17.0 Å². The second-order valence-electron chi connectivity index (χ2n) is 8.35. The van der Waals surface area contributed by atoms with Crippen LogP contribution in [0.5, 0.6) is 0 Å². The van der Waals surface area contributed by atoms with Crippen LogP contribution in [0.2, 0.25) is 0 Å². The molecule has 2 heterocycles. The van der Waals surface area contributed by atoms with E-state index in [1.165, 1.54) is 6.07 Å². The van der Waals surface area contributed by atoms with Crippen LogP contribution in [0.4, 0.5) is 20.6 Å². The minimum Gasteiger partial charge on any atom is -0.444 e. The molecule has 1 amide bonds. The lowest BCUT2D eigenvalue weighted by Gasteiger charge is -2.39. The van der Waals surface area contributed by atoms with Gasteiger partial charge in [-0.05, 0) is 63.6 Å². The lowest BCUT2D eigenvalue weighted by atomic mass is 9.78. The van der Waals surface area contributed by atoms with Crippen LogP contribution in [-0.2, 0) is 4.74 Å². The van der Waals surface area contributed by atoms with Gasteiger partial charge >= 0.3 is 6.09 Å². The molecule has 2 saturated heterocycles. The molecule has 0 aromatic heterocycles. The average Bonchev–Trinajstić information content (AvgIpc) is 2.90. The first-order valence-corrected chi connectivity index (χ1v) is 8.95. The average molecular weight is 349 g/mol. The molecule has 1 aromatic rings. The molecule has 5 nitrogen and oxygen atoms in total. The predicted octanol–water partition coefficient (Wildman–Crippen LogP) is 3.64. The maximum atomic E-state index is 14.2. The molecule has 1 spiro atoms. The van der Waals surface area contributed by atoms with Crippen LogP contribution in [0.3, 0.4) is 0 Å². The lowest BCUT2D eigenvalue weighted by molar-refractivity contribution is 0.0122. The Morgan fingerprint density at radius 3 is 2.44 bits per heavy atom. The zero-order valence-corrected chi connectivity index (χ0v) is 15.3. The van der Waals surface area contributed by atoms with Gasteiger partial charge in [-0.3, -0.25) is 0 Å². The van der Waals surface area contributed by atoms with Crippen LogP contribution in [0, 0.1) is 11.2 Å². The molecule has 0 saturated carbocycles. The second kappa shape index (κ2) is 6.39. The number of ether oxygens (including phenoxy) is 1. The number of hydrogen-bond acceptors (Lipinski definition) is 4. The number of nitrogens with zero attached hydrogens (tertiary/aromatic N) is 2. The highest BCUT2D eigenvalue weighted by Gasteiger charge is 2.42. The van der Waals surface area contributed by atoms with Crippen molar-refractivity contribution in [2.24, 2.45) is 5.41 Å². The van der Waals surface area contributed by atoms with Gasteiger partial charge < -0.3 is 20.3 Å². The first-order chi connectivity index (χ1) is 11.7. The Morgan fingerprint density at radius 2 is 1.84 bits per heavy atom. The number of anilines is 2. The lowest BCUT2D eigenvalue weighted by Crippen LogP contribution is -2.46. The Kier molecular flexibility index (Phi) is 4.56. The van der Waals surface area contributed by atoms with Gasteiger partial charge in [0.25, 0.3) is 0 Å². The first-order valence-electron chi connectivity index (χ1n) is 8.95. The molecular weight excluding hydrogens is 321 g/mol. The number of likely N-dealkylation sites (tertiary alicyclic amines) is 1. The Labute approximate surface area is 148 Å². The molecule has 6 heteroatoms. The number of hydrogen-bond donors (Lipinski definition) is 1. The van der Waals surface area contributed by atoms with E-state index in [-0.39, 0.29) is 17.3 Å². The van der Waals surface area contributed by atoms with E-state index in [0.717, 1.165) is 32.4 Å². The van der Waals surface area contributed by atoms with Gasteiger partial charge in [0, 0.05) is 31.9 Å². The zero-order chi connectivity index (χ0) is 18.2. The summed E-state index contributed by atoms with van der Waals surface area (Å²) in [6.45, 7) is 8.72. The van der Waals surface area contributed by atoms with Crippen molar-refractivity contribution in [3.63, 3.8) is 0 Å². The van der Waals surface area contributed by atoms with E-state index in [9.17, 15) is 9.18 Å². The number of amides is 1. The Hall–Kier alpha value is -1.98. The molecule has 2 N–H and O–H groups in total. The number of nitrogens with two attached hydrogens (primary N) is 1. The zero-order valence-electron chi connectivity index (χ0n) is 15.3. The molecule has 138 valence electrons. The Bertz CT molecular complexity index is 649. The minimum atomic E-state index is -0.469. The number of nitrogen functional groups attached to an aromatic ring is 1. The number of piperidine rings is 1. The largest absolute Gasteiger partial charge is 0.444 e. The van der Waals surface area contributed by atoms with Gasteiger partial charge in [-0.25, -0.2) is 9.18 Å². The normalized spacial score (nSPS) is 20.2. The van der Waals surface area contributed by atoms with Crippen molar-refractivity contribution in [2.75, 3.05) is 36.8 Å². The molecule has 0 bridgehead atoms. The summed E-state index contributed by atoms with van der Waals surface area (Å²) in [5.74, 6) is -0.261. The molecule has 2 aliphatic rings. The van der Waals surface area contributed by atoms with E-state index in [4.69, 9.17) is 10.5 Å². The van der Waals surface area contributed by atoms with Crippen molar-refractivity contribution >= 4 is 17.5 Å². The summed E-state index contributed by atoms with van der Waals surface area (Å²) in [5, 5.41) is 0. The van der Waals surface area contributed by atoms with E-state index < -0.39 is 5.60 Å². The fourth-order valence-corrected chi connectivity index (χ4v) is 3.82. The number of carbonyl (C=O) groups is 1. The fraction of sp³-hybridized carbons (Fsp3) is 0.632. The van der Waals surface area contributed by atoms with Crippen molar-refractivity contribution < 1.29 is 13.9 Å². The number of carbonyl (C=O) groups excluding carboxylic acids is 1. The molecule has 25 heavy (non-hydrogen) atoms. The maximum Gasteiger partial charge on any atom is 0.410 e. The Balaban J connectivity index is 1.60. The summed E-state index contributed by atoms with van der Waals surface area (Å²) < 4.78 is 19.7. The molecular formula is C19H28FN3O2. The van der Waals surface area contributed by atoms with E-state index in [0.29, 0.717) is 24.5 Å². The topological polar surface area (TPSA) is 58.8 Å². The third-order valence-corrected chi connectivity index (χ3v) is 5.23. The van der Waals surface area contributed by atoms with Crippen LogP contribution in [0.15, 0.2) is 18.2 Å². The van der Waals surface area contributed by atoms with Gasteiger partial charge in [-0.2, -0.15) is 0 Å². The van der Waals surface area contributed by atoms with Crippen LogP contribution in [0.1, 0.15) is 40.0 Å². The molecule has 2 fully saturated rings. The molecule has 3 rings (SSSR count). The summed E-state index contributed by atoms with van der Waals surface area (Å²) >= 11 is 0. The van der Waals surface area contributed by atoms with Gasteiger partial charge in [0.05, 0.1) is 5.69 Å². The number of rotatable bonds is 1. The highest BCUT2D eigenvalue weighted by molar-refractivity contribution is 5.68. The summed E-state index contributed by atoms with van der Waals surface area (Å²) in [5.41, 5.74) is 6.40. The molecule has 0 unspecified atom stereocenters. The molecule has 2 aliphatic heterocycles. The molecule has 1 aromatic carbocycles. The summed E-state index contributed by atoms with van der Waals surface area (Å²) in [4.78, 5) is 16.1. The van der Waals surface area contributed by atoms with Gasteiger partial charge in [0.15, 0.2) is 0 Å². The number of benzene rings is 1. The van der Waals surface area contributed by atoms with Gasteiger partial charge in [-0.15, -0.1) is 0 Å². The molecule has 0 atom stereocenters. The van der Waals surface area contributed by atoms with Gasteiger partial charge in [-0.1, -0.05) is 0 Å². The third kappa shape index (κ3) is 3.99. The van der Waals surface area contributed by atoms with Crippen LogP contribution in [-0.4, -0.2) is 42.8 Å². The van der Waals surface area contributed by atoms with Gasteiger partial charge in [0.1, 0.15) is 11.4 Å². The Morgan fingerprint density at radius 1 is 1.20 bits per heavy atom. The van der Waals surface area contributed by atoms with Crippen molar-refractivity contribution in [2.45, 2.75) is 45.6 Å². The second-order valence-corrected chi connectivity index (χ2v) is 8.35. The summed E-state index contributed by atoms with van der Waals surface area (Å²) in [6, 6.07) is 4.89. The highest BCUT2D eigenvalue weighted by Crippen LogP contribution is 2.42. The predicted molar refractivity (Wildman–Crippen MR) is 97.1 cm³/mol. The standard InChI is InChI=1S/C19H28FN3O2/c1-18(2,3)25-17(24)22-9-6-19(7-10-22)8-11-23(13-19)16-5-4-14(21)12-15(16)20/h4-5,12H,6-11,13,21H2,1-3H3. The molecule has 0 aliphatic carbocycles. The minimum absolute atomic E-state index is 0.159. The van der Waals surface area contributed by atoms with Crippen LogP contribution in [0.25, 0.3) is 0 Å². The van der Waals surface area contributed by atoms with Crippen LogP contribution < -0.4 is 10.6 Å².